The van der Waals surface area contributed by atoms with Crippen LogP contribution in [0.15, 0.2) is 24.5 Å². The lowest BCUT2D eigenvalue weighted by Gasteiger charge is -2.20. The molecule has 0 atom stereocenters. The number of primary amides is 1. The minimum absolute atomic E-state index is 0.119. The zero-order valence-electron chi connectivity index (χ0n) is 8.93. The number of anilines is 1. The standard InChI is InChI=1S/C6H6N2O.C5H9NO/c9-5-8-6-2-1-3-7-4-6;6-5(7)4-2-1-3-4/h1-5H,(H,8,9);4H,1-3H2,(H2,6,7). The molecule has 5 heteroatoms. The Labute approximate surface area is 94.1 Å². The first kappa shape index (κ1) is 12.2. The molecule has 86 valence electrons. The molecule has 1 fully saturated rings. The van der Waals surface area contributed by atoms with E-state index in [0.29, 0.717) is 12.1 Å². The van der Waals surface area contributed by atoms with Gasteiger partial charge in [-0.05, 0) is 25.0 Å². The van der Waals surface area contributed by atoms with Gasteiger partial charge in [0.25, 0.3) is 0 Å². The Morgan fingerprint density at radius 2 is 2.31 bits per heavy atom. The van der Waals surface area contributed by atoms with Crippen molar-refractivity contribution < 1.29 is 9.59 Å². The van der Waals surface area contributed by atoms with Crippen molar-refractivity contribution in [2.45, 2.75) is 19.3 Å². The van der Waals surface area contributed by atoms with E-state index in [9.17, 15) is 9.59 Å². The second kappa shape index (κ2) is 6.55. The molecule has 1 aromatic rings. The number of rotatable bonds is 3. The first-order chi connectivity index (χ1) is 7.74. The van der Waals surface area contributed by atoms with Crippen LogP contribution in [-0.2, 0) is 9.59 Å². The third-order valence-corrected chi connectivity index (χ3v) is 2.39. The van der Waals surface area contributed by atoms with Crippen molar-refractivity contribution in [1.82, 2.24) is 4.98 Å². The monoisotopic (exact) mass is 221 g/mol. The highest BCUT2D eigenvalue weighted by atomic mass is 16.1. The molecule has 1 heterocycles. The number of carbonyl (C=O) groups is 2. The molecule has 0 unspecified atom stereocenters. The Morgan fingerprint density at radius 3 is 2.62 bits per heavy atom. The molecule has 5 nitrogen and oxygen atoms in total. The maximum atomic E-state index is 10.2. The van der Waals surface area contributed by atoms with Crippen LogP contribution in [0.25, 0.3) is 0 Å². The quantitative estimate of drug-likeness (QED) is 0.744. The van der Waals surface area contributed by atoms with Crippen molar-refractivity contribution in [3.05, 3.63) is 24.5 Å². The number of amides is 2. The molecule has 3 N–H and O–H groups in total. The first-order valence-corrected chi connectivity index (χ1v) is 5.13. The number of nitrogens with one attached hydrogen (secondary N) is 1. The molecule has 0 aromatic carbocycles. The third-order valence-electron chi connectivity index (χ3n) is 2.39. The van der Waals surface area contributed by atoms with Gasteiger partial charge < -0.3 is 11.1 Å². The van der Waals surface area contributed by atoms with E-state index in [-0.39, 0.29) is 11.8 Å². The molecule has 0 aliphatic heterocycles. The lowest BCUT2D eigenvalue weighted by atomic mass is 9.85. The van der Waals surface area contributed by atoms with E-state index in [2.05, 4.69) is 10.3 Å². The minimum atomic E-state index is -0.119. The fourth-order valence-electron chi connectivity index (χ4n) is 1.21. The molecule has 16 heavy (non-hydrogen) atoms. The van der Waals surface area contributed by atoms with Crippen LogP contribution in [0.1, 0.15) is 19.3 Å². The van der Waals surface area contributed by atoms with Crippen LogP contribution >= 0.6 is 0 Å². The summed E-state index contributed by atoms with van der Waals surface area (Å²) in [5, 5.41) is 2.46. The van der Waals surface area contributed by atoms with Gasteiger partial charge in [0.05, 0.1) is 11.9 Å². The second-order valence-corrected chi connectivity index (χ2v) is 3.53. The van der Waals surface area contributed by atoms with Gasteiger partial charge in [-0.2, -0.15) is 0 Å². The van der Waals surface area contributed by atoms with Gasteiger partial charge in [-0.25, -0.2) is 0 Å². The van der Waals surface area contributed by atoms with E-state index in [0.717, 1.165) is 12.8 Å². The van der Waals surface area contributed by atoms with Gasteiger partial charge in [-0.3, -0.25) is 14.6 Å². The Bertz CT molecular complexity index is 336. The Hall–Kier alpha value is -1.91. The van der Waals surface area contributed by atoms with Crippen molar-refractivity contribution in [2.75, 3.05) is 5.32 Å². The van der Waals surface area contributed by atoms with Gasteiger partial charge in [0.15, 0.2) is 0 Å². The number of hydrogen-bond donors (Lipinski definition) is 2. The van der Waals surface area contributed by atoms with Crippen LogP contribution < -0.4 is 11.1 Å². The Kier molecular flexibility index (Phi) is 4.98. The fourth-order valence-corrected chi connectivity index (χ4v) is 1.21. The molecule has 2 amide bonds. The largest absolute Gasteiger partial charge is 0.369 e. The lowest BCUT2D eigenvalue weighted by molar-refractivity contribution is -0.124. The summed E-state index contributed by atoms with van der Waals surface area (Å²) in [5.74, 6) is 0.103. The van der Waals surface area contributed by atoms with E-state index in [4.69, 9.17) is 5.73 Å². The highest BCUT2D eigenvalue weighted by molar-refractivity contribution is 5.77. The van der Waals surface area contributed by atoms with Gasteiger partial charge in [-0.1, -0.05) is 6.42 Å². The number of nitrogens with two attached hydrogens (primary N) is 1. The molecule has 1 saturated carbocycles. The summed E-state index contributed by atoms with van der Waals surface area (Å²) in [6.07, 6.45) is 7.08. The van der Waals surface area contributed by atoms with Crippen LogP contribution in [0.3, 0.4) is 0 Å². The zero-order valence-corrected chi connectivity index (χ0v) is 8.93. The number of pyridine rings is 1. The van der Waals surface area contributed by atoms with Crippen molar-refractivity contribution in [3.63, 3.8) is 0 Å². The van der Waals surface area contributed by atoms with Gasteiger partial charge in [-0.15, -0.1) is 0 Å². The number of nitrogens with zero attached hydrogens (tertiary/aromatic N) is 1. The van der Waals surface area contributed by atoms with E-state index < -0.39 is 0 Å². The molecule has 0 spiro atoms. The van der Waals surface area contributed by atoms with Gasteiger partial charge in [0.1, 0.15) is 0 Å². The maximum absolute atomic E-state index is 10.2. The van der Waals surface area contributed by atoms with Crippen molar-refractivity contribution in [1.29, 1.82) is 0 Å². The molecule has 0 saturated heterocycles. The zero-order chi connectivity index (χ0) is 11.8. The molecule has 1 aliphatic rings. The molecule has 0 bridgehead atoms. The topological polar surface area (TPSA) is 85.1 Å². The SMILES string of the molecule is NC(=O)C1CCC1.O=CNc1cccnc1. The lowest BCUT2D eigenvalue weighted by Crippen LogP contribution is -2.28. The third kappa shape index (κ3) is 4.08. The number of aromatic nitrogens is 1. The predicted octanol–water partition coefficient (Wildman–Crippen LogP) is 0.922. The van der Waals surface area contributed by atoms with Gasteiger partial charge in [0.2, 0.25) is 12.3 Å². The van der Waals surface area contributed by atoms with E-state index in [1.165, 1.54) is 6.42 Å². The van der Waals surface area contributed by atoms with Crippen LogP contribution in [-0.4, -0.2) is 17.3 Å². The molecule has 2 rings (SSSR count). The fraction of sp³-hybridized carbons (Fsp3) is 0.364. The van der Waals surface area contributed by atoms with E-state index >= 15 is 0 Å². The summed E-state index contributed by atoms with van der Waals surface area (Å²) in [5.41, 5.74) is 5.67. The van der Waals surface area contributed by atoms with Crippen molar-refractivity contribution in [2.24, 2.45) is 11.7 Å². The Balaban J connectivity index is 0.000000165. The summed E-state index contributed by atoms with van der Waals surface area (Å²) < 4.78 is 0. The van der Waals surface area contributed by atoms with Gasteiger partial charge in [0, 0.05) is 12.1 Å². The second-order valence-electron chi connectivity index (χ2n) is 3.53. The summed E-state index contributed by atoms with van der Waals surface area (Å²) in [6.45, 7) is 0. The average Bonchev–Trinajstić information content (AvgIpc) is 2.17. The molecule has 1 aliphatic carbocycles. The molecule has 0 radical (unpaired) electrons. The van der Waals surface area contributed by atoms with Crippen LogP contribution in [0.4, 0.5) is 5.69 Å². The summed E-state index contributed by atoms with van der Waals surface area (Å²) in [7, 11) is 0. The number of hydrogen-bond acceptors (Lipinski definition) is 3. The minimum Gasteiger partial charge on any atom is -0.369 e. The summed E-state index contributed by atoms with van der Waals surface area (Å²) >= 11 is 0. The average molecular weight is 221 g/mol. The molecular weight excluding hydrogens is 206 g/mol. The maximum Gasteiger partial charge on any atom is 0.220 e. The summed E-state index contributed by atoms with van der Waals surface area (Å²) in [6, 6.07) is 3.52. The molecule has 1 aromatic heterocycles. The van der Waals surface area contributed by atoms with Gasteiger partial charge >= 0.3 is 0 Å². The predicted molar refractivity (Wildman–Crippen MR) is 60.5 cm³/mol. The molecular formula is C11H15N3O2. The first-order valence-electron chi connectivity index (χ1n) is 5.13. The number of carbonyl (C=O) groups excluding carboxylic acids is 2. The van der Waals surface area contributed by atoms with E-state index in [1.54, 1.807) is 24.5 Å². The van der Waals surface area contributed by atoms with Crippen LogP contribution in [0, 0.1) is 5.92 Å². The van der Waals surface area contributed by atoms with Crippen molar-refractivity contribution in [3.8, 4) is 0 Å². The smallest absolute Gasteiger partial charge is 0.220 e. The highest BCUT2D eigenvalue weighted by Gasteiger charge is 2.21. The highest BCUT2D eigenvalue weighted by Crippen LogP contribution is 2.25. The van der Waals surface area contributed by atoms with Crippen LogP contribution in [0.2, 0.25) is 0 Å². The summed E-state index contributed by atoms with van der Waals surface area (Å²) in [4.78, 5) is 23.8. The Morgan fingerprint density at radius 1 is 1.56 bits per heavy atom. The van der Waals surface area contributed by atoms with Crippen LogP contribution in [0.5, 0.6) is 0 Å². The van der Waals surface area contributed by atoms with E-state index in [1.807, 2.05) is 0 Å². The normalized spacial score (nSPS) is 14.0. The van der Waals surface area contributed by atoms with Crippen molar-refractivity contribution >= 4 is 18.0 Å².